The highest BCUT2D eigenvalue weighted by atomic mass is 16.5. The van der Waals surface area contributed by atoms with Crippen LogP contribution in [-0.4, -0.2) is 7.11 Å². The van der Waals surface area contributed by atoms with E-state index < -0.39 is 0 Å². The number of fused-ring (bicyclic) bond motifs is 1. The maximum absolute atomic E-state index is 9.05. The molecular weight excluding hydrogens is 186 g/mol. The zero-order valence-electron chi connectivity index (χ0n) is 9.26. The molecule has 78 valence electrons. The Kier molecular flexibility index (Phi) is 2.64. The van der Waals surface area contributed by atoms with E-state index in [1.165, 1.54) is 24.0 Å². The Bertz CT molecular complexity index is 429. The van der Waals surface area contributed by atoms with Crippen LogP contribution in [0.15, 0.2) is 6.07 Å². The van der Waals surface area contributed by atoms with Crippen LogP contribution >= 0.6 is 0 Å². The highest BCUT2D eigenvalue weighted by molar-refractivity contribution is 5.55. The van der Waals surface area contributed by atoms with E-state index in [9.17, 15) is 0 Å². The molecule has 0 saturated heterocycles. The predicted octanol–water partition coefficient (Wildman–Crippen LogP) is 2.75. The molecule has 15 heavy (non-hydrogen) atoms. The summed E-state index contributed by atoms with van der Waals surface area (Å²) in [7, 11) is 1.64. The van der Waals surface area contributed by atoms with E-state index in [4.69, 9.17) is 10.00 Å². The van der Waals surface area contributed by atoms with Crippen LogP contribution < -0.4 is 4.74 Å². The number of aryl methyl sites for hydroxylation is 1. The molecule has 0 atom stereocenters. The SMILES string of the molecule is COc1c(C#N)cc2c(c1C)CCCC2. The van der Waals surface area contributed by atoms with Gasteiger partial charge in [0.1, 0.15) is 11.8 Å². The fraction of sp³-hybridized carbons (Fsp3) is 0.462. The first kappa shape index (κ1) is 10.0. The van der Waals surface area contributed by atoms with Crippen molar-refractivity contribution in [3.8, 4) is 11.8 Å². The number of nitrogens with zero attached hydrogens (tertiary/aromatic N) is 1. The second kappa shape index (κ2) is 3.94. The van der Waals surface area contributed by atoms with Crippen molar-refractivity contribution in [1.82, 2.24) is 0 Å². The average molecular weight is 201 g/mol. The lowest BCUT2D eigenvalue weighted by molar-refractivity contribution is 0.409. The Morgan fingerprint density at radius 1 is 1.33 bits per heavy atom. The minimum atomic E-state index is 0.677. The number of hydrogen-bond donors (Lipinski definition) is 0. The van der Waals surface area contributed by atoms with E-state index in [-0.39, 0.29) is 0 Å². The van der Waals surface area contributed by atoms with Gasteiger partial charge in [-0.3, -0.25) is 0 Å². The summed E-state index contributed by atoms with van der Waals surface area (Å²) in [6.45, 7) is 2.06. The van der Waals surface area contributed by atoms with Crippen LogP contribution in [-0.2, 0) is 12.8 Å². The third kappa shape index (κ3) is 1.59. The van der Waals surface area contributed by atoms with Gasteiger partial charge in [0, 0.05) is 0 Å². The molecule has 2 heteroatoms. The molecule has 1 aromatic carbocycles. The molecule has 0 heterocycles. The fourth-order valence-corrected chi connectivity index (χ4v) is 2.44. The van der Waals surface area contributed by atoms with E-state index in [0.717, 1.165) is 24.2 Å². The molecule has 0 bridgehead atoms. The summed E-state index contributed by atoms with van der Waals surface area (Å²) in [5.74, 6) is 0.762. The molecule has 0 aliphatic heterocycles. The largest absolute Gasteiger partial charge is 0.495 e. The molecule has 0 saturated carbocycles. The zero-order chi connectivity index (χ0) is 10.8. The van der Waals surface area contributed by atoms with Gasteiger partial charge in [0.05, 0.1) is 12.7 Å². The van der Waals surface area contributed by atoms with Gasteiger partial charge < -0.3 is 4.74 Å². The van der Waals surface area contributed by atoms with Gasteiger partial charge in [0.25, 0.3) is 0 Å². The summed E-state index contributed by atoms with van der Waals surface area (Å²) in [5, 5.41) is 9.05. The van der Waals surface area contributed by atoms with Crippen LogP contribution in [0.3, 0.4) is 0 Å². The summed E-state index contributed by atoms with van der Waals surface area (Å²) < 4.78 is 5.31. The molecule has 2 nitrogen and oxygen atoms in total. The maximum Gasteiger partial charge on any atom is 0.139 e. The molecule has 0 unspecified atom stereocenters. The van der Waals surface area contributed by atoms with Crippen molar-refractivity contribution < 1.29 is 4.74 Å². The van der Waals surface area contributed by atoms with Crippen LogP contribution in [0.5, 0.6) is 5.75 Å². The van der Waals surface area contributed by atoms with Crippen LogP contribution in [0, 0.1) is 18.3 Å². The van der Waals surface area contributed by atoms with Crippen LogP contribution in [0.2, 0.25) is 0 Å². The molecule has 1 aromatic rings. The Balaban J connectivity index is 2.63. The van der Waals surface area contributed by atoms with Gasteiger partial charge in [-0.05, 0) is 55.4 Å². The molecule has 0 spiro atoms. The van der Waals surface area contributed by atoms with Crippen LogP contribution in [0.25, 0.3) is 0 Å². The van der Waals surface area contributed by atoms with Crippen molar-refractivity contribution in [2.45, 2.75) is 32.6 Å². The van der Waals surface area contributed by atoms with E-state index >= 15 is 0 Å². The molecule has 0 aromatic heterocycles. The minimum absolute atomic E-state index is 0.677. The van der Waals surface area contributed by atoms with Gasteiger partial charge in [0.2, 0.25) is 0 Å². The van der Waals surface area contributed by atoms with Gasteiger partial charge >= 0.3 is 0 Å². The van der Waals surface area contributed by atoms with Gasteiger partial charge in [-0.25, -0.2) is 0 Å². The van der Waals surface area contributed by atoms with E-state index in [1.807, 2.05) is 6.07 Å². The second-order valence-electron chi connectivity index (χ2n) is 4.04. The number of nitriles is 1. The molecule has 0 N–H and O–H groups in total. The van der Waals surface area contributed by atoms with Crippen molar-refractivity contribution in [1.29, 1.82) is 5.26 Å². The standard InChI is InChI=1S/C13H15NO/c1-9-12-6-4-3-5-10(12)7-11(8-14)13(9)15-2/h7H,3-6H2,1-2H3. The second-order valence-corrected chi connectivity index (χ2v) is 4.04. The lowest BCUT2D eigenvalue weighted by Crippen LogP contribution is -2.07. The predicted molar refractivity (Wildman–Crippen MR) is 59.1 cm³/mol. The number of benzene rings is 1. The smallest absolute Gasteiger partial charge is 0.139 e. The van der Waals surface area contributed by atoms with Gasteiger partial charge in [-0.2, -0.15) is 5.26 Å². The summed E-state index contributed by atoms with van der Waals surface area (Å²) in [4.78, 5) is 0. The van der Waals surface area contributed by atoms with E-state index in [2.05, 4.69) is 13.0 Å². The lowest BCUT2D eigenvalue weighted by atomic mass is 9.86. The van der Waals surface area contributed by atoms with Crippen molar-refractivity contribution in [2.24, 2.45) is 0 Å². The molecule has 1 aliphatic carbocycles. The number of rotatable bonds is 1. The van der Waals surface area contributed by atoms with Gasteiger partial charge in [0.15, 0.2) is 0 Å². The van der Waals surface area contributed by atoms with Crippen LogP contribution in [0.1, 0.15) is 35.1 Å². The number of ether oxygens (including phenoxy) is 1. The first-order valence-corrected chi connectivity index (χ1v) is 5.37. The highest BCUT2D eigenvalue weighted by Gasteiger charge is 2.17. The summed E-state index contributed by atoms with van der Waals surface area (Å²) >= 11 is 0. The molecule has 0 radical (unpaired) electrons. The average Bonchev–Trinajstić information content (AvgIpc) is 2.29. The van der Waals surface area contributed by atoms with Gasteiger partial charge in [-0.1, -0.05) is 0 Å². The minimum Gasteiger partial charge on any atom is -0.495 e. The Hall–Kier alpha value is -1.49. The van der Waals surface area contributed by atoms with Crippen molar-refractivity contribution in [3.05, 3.63) is 28.3 Å². The van der Waals surface area contributed by atoms with Crippen LogP contribution in [0.4, 0.5) is 0 Å². The Morgan fingerprint density at radius 2 is 2.07 bits per heavy atom. The van der Waals surface area contributed by atoms with Crippen molar-refractivity contribution >= 4 is 0 Å². The lowest BCUT2D eigenvalue weighted by Gasteiger charge is -2.20. The third-order valence-electron chi connectivity index (χ3n) is 3.19. The first-order chi connectivity index (χ1) is 7.27. The van der Waals surface area contributed by atoms with E-state index in [0.29, 0.717) is 5.56 Å². The Labute approximate surface area is 90.5 Å². The van der Waals surface area contributed by atoms with Crippen molar-refractivity contribution in [2.75, 3.05) is 7.11 Å². The number of methoxy groups -OCH3 is 1. The topological polar surface area (TPSA) is 33.0 Å². The Morgan fingerprint density at radius 3 is 2.73 bits per heavy atom. The third-order valence-corrected chi connectivity index (χ3v) is 3.19. The molecule has 0 amide bonds. The monoisotopic (exact) mass is 201 g/mol. The molecule has 2 rings (SSSR count). The zero-order valence-corrected chi connectivity index (χ0v) is 9.26. The normalized spacial score (nSPS) is 14.2. The maximum atomic E-state index is 9.05. The van der Waals surface area contributed by atoms with Gasteiger partial charge in [-0.15, -0.1) is 0 Å². The molecule has 1 aliphatic rings. The summed E-state index contributed by atoms with van der Waals surface area (Å²) in [6.07, 6.45) is 4.73. The van der Waals surface area contributed by atoms with Crippen molar-refractivity contribution in [3.63, 3.8) is 0 Å². The summed E-state index contributed by atoms with van der Waals surface area (Å²) in [6, 6.07) is 4.21. The number of hydrogen-bond acceptors (Lipinski definition) is 2. The quantitative estimate of drug-likeness (QED) is 0.700. The molecular formula is C13H15NO. The summed E-state index contributed by atoms with van der Waals surface area (Å²) in [5.41, 5.74) is 4.58. The first-order valence-electron chi connectivity index (χ1n) is 5.37. The highest BCUT2D eigenvalue weighted by Crippen LogP contribution is 2.33. The van der Waals surface area contributed by atoms with E-state index in [1.54, 1.807) is 7.11 Å². The fourth-order valence-electron chi connectivity index (χ4n) is 2.44. The molecule has 0 fully saturated rings.